The minimum absolute atomic E-state index is 0.276. The molecule has 6 nitrogen and oxygen atoms in total. The monoisotopic (exact) mass is 214 g/mol. The number of aliphatic hydroxyl groups is 2. The molecule has 0 spiro atoms. The molecule has 15 heavy (non-hydrogen) atoms. The van der Waals surface area contributed by atoms with Gasteiger partial charge in [-0.25, -0.2) is 4.79 Å². The van der Waals surface area contributed by atoms with Crippen LogP contribution in [0.3, 0.4) is 0 Å². The van der Waals surface area contributed by atoms with E-state index in [2.05, 4.69) is 9.97 Å². The summed E-state index contributed by atoms with van der Waals surface area (Å²) in [5, 5.41) is 17.6. The van der Waals surface area contributed by atoms with Gasteiger partial charge in [0.25, 0.3) is 5.56 Å². The predicted octanol–water partition coefficient (Wildman–Crippen LogP) is -1.26. The number of aryl methyl sites for hydroxylation is 1. The van der Waals surface area contributed by atoms with E-state index in [9.17, 15) is 9.59 Å². The smallest absolute Gasteiger partial charge is 0.325 e. The maximum Gasteiger partial charge on any atom is 0.325 e. The second kappa shape index (κ2) is 5.47. The number of hydrogen-bond donors (Lipinski definition) is 4. The SMILES string of the molecule is O=c1[nH]cc(CCC[C@@H](O)CO)c(=O)[nH]1. The van der Waals surface area contributed by atoms with E-state index in [1.54, 1.807) is 0 Å². The van der Waals surface area contributed by atoms with E-state index in [0.717, 1.165) is 0 Å². The summed E-state index contributed by atoms with van der Waals surface area (Å²) in [5.74, 6) is 0. The van der Waals surface area contributed by atoms with Crippen LogP contribution in [-0.2, 0) is 6.42 Å². The highest BCUT2D eigenvalue weighted by Crippen LogP contribution is 2.01. The Morgan fingerprint density at radius 3 is 2.73 bits per heavy atom. The average Bonchev–Trinajstić information content (AvgIpc) is 2.21. The van der Waals surface area contributed by atoms with Crippen molar-refractivity contribution in [1.29, 1.82) is 0 Å². The molecule has 84 valence electrons. The fraction of sp³-hybridized carbons (Fsp3) is 0.556. The first-order valence-corrected chi connectivity index (χ1v) is 4.73. The predicted molar refractivity (Wildman–Crippen MR) is 53.7 cm³/mol. The summed E-state index contributed by atoms with van der Waals surface area (Å²) < 4.78 is 0. The van der Waals surface area contributed by atoms with E-state index in [-0.39, 0.29) is 6.61 Å². The third-order valence-electron chi connectivity index (χ3n) is 2.09. The van der Waals surface area contributed by atoms with Crippen molar-refractivity contribution in [3.63, 3.8) is 0 Å². The molecule has 0 bridgehead atoms. The molecular formula is C9H14N2O4. The van der Waals surface area contributed by atoms with Crippen LogP contribution >= 0.6 is 0 Å². The Bertz CT molecular complexity index is 409. The summed E-state index contributed by atoms with van der Waals surface area (Å²) in [6.07, 6.45) is 2.09. The Morgan fingerprint density at radius 2 is 2.13 bits per heavy atom. The molecule has 0 amide bonds. The lowest BCUT2D eigenvalue weighted by molar-refractivity contribution is 0.0867. The summed E-state index contributed by atoms with van der Waals surface area (Å²) in [4.78, 5) is 26.4. The molecule has 0 radical (unpaired) electrons. The topological polar surface area (TPSA) is 106 Å². The first-order chi connectivity index (χ1) is 7.13. The number of aliphatic hydroxyl groups excluding tert-OH is 2. The highest BCUT2D eigenvalue weighted by Gasteiger charge is 2.04. The highest BCUT2D eigenvalue weighted by atomic mass is 16.3. The van der Waals surface area contributed by atoms with Crippen LogP contribution in [0.5, 0.6) is 0 Å². The summed E-state index contributed by atoms with van der Waals surface area (Å²) in [7, 11) is 0. The lowest BCUT2D eigenvalue weighted by Gasteiger charge is -2.05. The van der Waals surface area contributed by atoms with Crippen molar-refractivity contribution >= 4 is 0 Å². The third-order valence-corrected chi connectivity index (χ3v) is 2.09. The van der Waals surface area contributed by atoms with Crippen molar-refractivity contribution in [3.05, 3.63) is 32.6 Å². The largest absolute Gasteiger partial charge is 0.394 e. The van der Waals surface area contributed by atoms with E-state index in [4.69, 9.17) is 10.2 Å². The number of rotatable bonds is 5. The molecule has 1 aromatic heterocycles. The fourth-order valence-electron chi connectivity index (χ4n) is 1.24. The van der Waals surface area contributed by atoms with Crippen molar-refractivity contribution in [2.24, 2.45) is 0 Å². The Labute approximate surface area is 85.6 Å². The van der Waals surface area contributed by atoms with Gasteiger partial charge in [-0.05, 0) is 19.3 Å². The lowest BCUT2D eigenvalue weighted by Crippen LogP contribution is -2.24. The van der Waals surface area contributed by atoms with Crippen LogP contribution in [-0.4, -0.2) is 32.9 Å². The molecule has 6 heteroatoms. The quantitative estimate of drug-likeness (QED) is 0.490. The van der Waals surface area contributed by atoms with Gasteiger partial charge in [0.05, 0.1) is 12.7 Å². The lowest BCUT2D eigenvalue weighted by atomic mass is 10.1. The number of H-pyrrole nitrogens is 2. The molecule has 0 aliphatic rings. The van der Waals surface area contributed by atoms with Crippen LogP contribution in [0.2, 0.25) is 0 Å². The fourth-order valence-corrected chi connectivity index (χ4v) is 1.24. The van der Waals surface area contributed by atoms with Crippen molar-refractivity contribution in [1.82, 2.24) is 9.97 Å². The van der Waals surface area contributed by atoms with Gasteiger partial charge in [-0.1, -0.05) is 0 Å². The number of nitrogens with one attached hydrogen (secondary N) is 2. The van der Waals surface area contributed by atoms with Crippen LogP contribution in [0, 0.1) is 0 Å². The van der Waals surface area contributed by atoms with Gasteiger partial charge in [0.2, 0.25) is 0 Å². The summed E-state index contributed by atoms with van der Waals surface area (Å²) in [5.41, 5.74) is -0.462. The van der Waals surface area contributed by atoms with E-state index in [1.807, 2.05) is 0 Å². The van der Waals surface area contributed by atoms with Crippen LogP contribution < -0.4 is 11.2 Å². The van der Waals surface area contributed by atoms with Gasteiger partial charge in [-0.15, -0.1) is 0 Å². The molecule has 1 heterocycles. The summed E-state index contributed by atoms with van der Waals surface area (Å²) in [6.45, 7) is -0.276. The highest BCUT2D eigenvalue weighted by molar-refractivity contribution is 5.02. The zero-order valence-corrected chi connectivity index (χ0v) is 8.19. The molecule has 0 aromatic carbocycles. The minimum atomic E-state index is -0.744. The molecule has 4 N–H and O–H groups in total. The Balaban J connectivity index is 2.51. The van der Waals surface area contributed by atoms with E-state index < -0.39 is 17.4 Å². The molecule has 0 saturated heterocycles. The van der Waals surface area contributed by atoms with Crippen LogP contribution in [0.25, 0.3) is 0 Å². The Hall–Kier alpha value is -1.40. The first-order valence-electron chi connectivity index (χ1n) is 4.73. The van der Waals surface area contributed by atoms with Crippen molar-refractivity contribution in [2.75, 3.05) is 6.61 Å². The second-order valence-electron chi connectivity index (χ2n) is 3.33. The molecule has 1 rings (SSSR count). The van der Waals surface area contributed by atoms with E-state index in [0.29, 0.717) is 24.8 Å². The zero-order chi connectivity index (χ0) is 11.3. The van der Waals surface area contributed by atoms with Crippen LogP contribution in [0.4, 0.5) is 0 Å². The van der Waals surface area contributed by atoms with Crippen molar-refractivity contribution in [3.8, 4) is 0 Å². The number of aromatic amines is 2. The molecule has 1 aromatic rings. The summed E-state index contributed by atoms with van der Waals surface area (Å²) >= 11 is 0. The molecule has 0 aliphatic heterocycles. The molecular weight excluding hydrogens is 200 g/mol. The Morgan fingerprint density at radius 1 is 1.40 bits per heavy atom. The molecule has 0 saturated carbocycles. The standard InChI is InChI=1S/C9H14N2O4/c12-5-7(13)3-1-2-6-4-10-9(15)11-8(6)14/h4,7,12-13H,1-3,5H2,(H2,10,11,14,15)/t7-/m1/s1. The van der Waals surface area contributed by atoms with Gasteiger partial charge >= 0.3 is 5.69 Å². The number of hydrogen-bond acceptors (Lipinski definition) is 4. The van der Waals surface area contributed by atoms with Crippen LogP contribution in [0.1, 0.15) is 18.4 Å². The van der Waals surface area contributed by atoms with Crippen LogP contribution in [0.15, 0.2) is 15.8 Å². The molecule has 0 unspecified atom stereocenters. The van der Waals surface area contributed by atoms with Gasteiger partial charge in [0.15, 0.2) is 0 Å². The van der Waals surface area contributed by atoms with Gasteiger partial charge in [-0.2, -0.15) is 0 Å². The normalized spacial score (nSPS) is 12.7. The molecule has 0 fully saturated rings. The van der Waals surface area contributed by atoms with Gasteiger partial charge in [-0.3, -0.25) is 9.78 Å². The van der Waals surface area contributed by atoms with Gasteiger partial charge in [0.1, 0.15) is 0 Å². The van der Waals surface area contributed by atoms with Crippen molar-refractivity contribution < 1.29 is 10.2 Å². The molecule has 0 aliphatic carbocycles. The minimum Gasteiger partial charge on any atom is -0.394 e. The van der Waals surface area contributed by atoms with Gasteiger partial charge < -0.3 is 15.2 Å². The summed E-state index contributed by atoms with van der Waals surface area (Å²) in [6, 6.07) is 0. The van der Waals surface area contributed by atoms with E-state index in [1.165, 1.54) is 6.20 Å². The molecule has 1 atom stereocenters. The zero-order valence-electron chi connectivity index (χ0n) is 8.19. The van der Waals surface area contributed by atoms with E-state index >= 15 is 0 Å². The maximum atomic E-state index is 11.2. The first kappa shape index (κ1) is 11.7. The number of aromatic nitrogens is 2. The second-order valence-corrected chi connectivity index (χ2v) is 3.33. The average molecular weight is 214 g/mol. The van der Waals surface area contributed by atoms with Crippen molar-refractivity contribution in [2.45, 2.75) is 25.4 Å². The third kappa shape index (κ3) is 3.69. The van der Waals surface area contributed by atoms with Gasteiger partial charge in [0, 0.05) is 11.8 Å². The maximum absolute atomic E-state index is 11.2. The Kier molecular flexibility index (Phi) is 4.26.